The quantitative estimate of drug-likeness (QED) is 0.134. The maximum absolute atomic E-state index is 12.1. The van der Waals surface area contributed by atoms with Gasteiger partial charge in [-0.2, -0.15) is 8.42 Å². The zero-order valence-corrected chi connectivity index (χ0v) is 20.2. The lowest BCUT2D eigenvalue weighted by Crippen LogP contribution is -2.42. The first-order valence-electron chi connectivity index (χ1n) is 10.9. The summed E-state index contributed by atoms with van der Waals surface area (Å²) in [6.45, 7) is 5.12. The van der Waals surface area contributed by atoms with Crippen LogP contribution in [0.4, 0.5) is 16.2 Å². The van der Waals surface area contributed by atoms with Gasteiger partial charge in [0.05, 0.1) is 12.3 Å². The van der Waals surface area contributed by atoms with Crippen molar-refractivity contribution in [3.8, 4) is 0 Å². The van der Waals surface area contributed by atoms with Gasteiger partial charge in [0, 0.05) is 25.7 Å². The normalized spacial score (nSPS) is 15.2. The Kier molecular flexibility index (Phi) is 9.45. The molecule has 0 spiro atoms. The fraction of sp³-hybridized carbons (Fsp3) is 0.500. The smallest absolute Gasteiger partial charge is 0.411 e. The number of rotatable bonds is 11. The first kappa shape index (κ1) is 27.1. The number of hydrogen-bond acceptors (Lipinski definition) is 9. The predicted molar refractivity (Wildman–Crippen MR) is 123 cm³/mol. The molecule has 1 fully saturated rings. The van der Waals surface area contributed by atoms with Crippen molar-refractivity contribution in [2.45, 2.75) is 70.0 Å². The molecular formula is C22H30N2O9S. The van der Waals surface area contributed by atoms with Crippen LogP contribution in [0.2, 0.25) is 0 Å². The highest BCUT2D eigenvalue weighted by atomic mass is 32.2. The van der Waals surface area contributed by atoms with Crippen LogP contribution in [-0.2, 0) is 33.9 Å². The molecule has 1 aromatic rings. The molecule has 3 N–H and O–H groups in total. The lowest BCUT2D eigenvalue weighted by Gasteiger charge is -2.29. The van der Waals surface area contributed by atoms with Crippen molar-refractivity contribution in [3.63, 3.8) is 0 Å². The largest absolute Gasteiger partial charge is 0.449 e. The van der Waals surface area contributed by atoms with E-state index in [-0.39, 0.29) is 18.0 Å². The zero-order valence-electron chi connectivity index (χ0n) is 19.4. The molecule has 2 rings (SSSR count). The summed E-state index contributed by atoms with van der Waals surface area (Å²) in [5.74, 6) is -3.39. The van der Waals surface area contributed by atoms with Crippen LogP contribution in [0.15, 0.2) is 34.9 Å². The Bertz CT molecular complexity index is 1030. The van der Waals surface area contributed by atoms with E-state index in [9.17, 15) is 27.4 Å². The highest BCUT2D eigenvalue weighted by Gasteiger charge is 2.39. The second-order valence-electron chi connectivity index (χ2n) is 8.10. The third-order valence-electron chi connectivity index (χ3n) is 4.72. The van der Waals surface area contributed by atoms with Gasteiger partial charge in [0.15, 0.2) is 5.57 Å². The van der Waals surface area contributed by atoms with Gasteiger partial charge in [-0.3, -0.25) is 9.87 Å². The number of benzene rings is 1. The van der Waals surface area contributed by atoms with Crippen LogP contribution >= 0.6 is 0 Å². The van der Waals surface area contributed by atoms with Crippen LogP contribution in [0.3, 0.4) is 0 Å². The molecule has 12 heteroatoms. The van der Waals surface area contributed by atoms with Gasteiger partial charge in [-0.1, -0.05) is 39.0 Å². The van der Waals surface area contributed by atoms with Crippen LogP contribution in [-0.4, -0.2) is 43.4 Å². The molecule has 1 aromatic carbocycles. The summed E-state index contributed by atoms with van der Waals surface area (Å²) in [4.78, 5) is 35.6. The van der Waals surface area contributed by atoms with E-state index in [2.05, 4.69) is 17.6 Å². The van der Waals surface area contributed by atoms with Crippen molar-refractivity contribution < 1.29 is 41.6 Å². The first-order chi connectivity index (χ1) is 15.9. The number of nitrogens with one attached hydrogen (secondary N) is 2. The van der Waals surface area contributed by atoms with Gasteiger partial charge in [0.25, 0.3) is 15.9 Å². The third kappa shape index (κ3) is 8.34. The average molecular weight is 499 g/mol. The van der Waals surface area contributed by atoms with Crippen molar-refractivity contribution >= 4 is 39.5 Å². The van der Waals surface area contributed by atoms with Gasteiger partial charge in [0.2, 0.25) is 0 Å². The monoisotopic (exact) mass is 498 g/mol. The number of unbranched alkanes of at least 4 members (excludes halogenated alkanes) is 5. The molecule has 1 amide bonds. The van der Waals surface area contributed by atoms with Crippen LogP contribution in [0.5, 0.6) is 0 Å². The second-order valence-corrected chi connectivity index (χ2v) is 9.49. The van der Waals surface area contributed by atoms with E-state index in [0.29, 0.717) is 0 Å². The molecular weight excluding hydrogens is 468 g/mol. The Morgan fingerprint density at radius 3 is 2.32 bits per heavy atom. The summed E-state index contributed by atoms with van der Waals surface area (Å²) in [6.07, 6.45) is 6.36. The molecule has 1 heterocycles. The number of ether oxygens (including phenoxy) is 3. The van der Waals surface area contributed by atoms with Gasteiger partial charge in [0.1, 0.15) is 4.90 Å². The first-order valence-corrected chi connectivity index (χ1v) is 12.4. The number of carbonyl (C=O) groups excluding carboxylic acids is 3. The van der Waals surface area contributed by atoms with E-state index in [4.69, 9.17) is 14.2 Å². The molecule has 0 saturated carbocycles. The number of esters is 2. The minimum Gasteiger partial charge on any atom is -0.449 e. The fourth-order valence-corrected chi connectivity index (χ4v) is 3.71. The van der Waals surface area contributed by atoms with Crippen molar-refractivity contribution in [2.75, 3.05) is 17.2 Å². The average Bonchev–Trinajstić information content (AvgIpc) is 2.71. The number of carbonyl (C=O) groups is 3. The summed E-state index contributed by atoms with van der Waals surface area (Å²) in [6, 6.07) is 3.48. The highest BCUT2D eigenvalue weighted by Crippen LogP contribution is 2.27. The molecule has 188 valence electrons. The minimum atomic E-state index is -4.67. The Balaban J connectivity index is 2.07. The molecule has 0 aliphatic carbocycles. The van der Waals surface area contributed by atoms with Gasteiger partial charge < -0.3 is 19.5 Å². The Morgan fingerprint density at radius 1 is 1.09 bits per heavy atom. The number of anilines is 2. The Hall–Kier alpha value is -3.12. The van der Waals surface area contributed by atoms with Crippen molar-refractivity contribution in [1.29, 1.82) is 0 Å². The van der Waals surface area contributed by atoms with Crippen molar-refractivity contribution in [2.24, 2.45) is 0 Å². The summed E-state index contributed by atoms with van der Waals surface area (Å²) in [5.41, 5.74) is -0.581. The molecule has 0 atom stereocenters. The SMILES string of the molecule is CCCCCCCCOC(=O)Nc1ccc(S(=O)(=O)O)c(NC=C2C(=O)OC(C)(C)OC2=O)c1. The highest BCUT2D eigenvalue weighted by molar-refractivity contribution is 7.86. The van der Waals surface area contributed by atoms with E-state index in [1.807, 2.05) is 0 Å². The molecule has 0 aromatic heterocycles. The Labute approximate surface area is 198 Å². The lowest BCUT2D eigenvalue weighted by atomic mass is 10.1. The number of cyclic esters (lactones) is 2. The molecule has 1 saturated heterocycles. The Morgan fingerprint density at radius 2 is 1.71 bits per heavy atom. The summed E-state index contributed by atoms with van der Waals surface area (Å²) >= 11 is 0. The summed E-state index contributed by atoms with van der Waals surface area (Å²) < 4.78 is 48.0. The summed E-state index contributed by atoms with van der Waals surface area (Å²) in [5, 5.41) is 4.93. The predicted octanol–water partition coefficient (Wildman–Crippen LogP) is 3.97. The topological polar surface area (TPSA) is 157 Å². The van der Waals surface area contributed by atoms with E-state index in [0.717, 1.165) is 44.4 Å². The maximum atomic E-state index is 12.1. The van der Waals surface area contributed by atoms with E-state index in [1.54, 1.807) is 0 Å². The van der Waals surface area contributed by atoms with Crippen molar-refractivity contribution in [1.82, 2.24) is 0 Å². The van der Waals surface area contributed by atoms with Crippen LogP contribution < -0.4 is 10.6 Å². The van der Waals surface area contributed by atoms with E-state index in [1.165, 1.54) is 32.4 Å². The lowest BCUT2D eigenvalue weighted by molar-refractivity contribution is -0.222. The summed E-state index contributed by atoms with van der Waals surface area (Å²) in [7, 11) is -4.67. The number of amides is 1. The van der Waals surface area contributed by atoms with Crippen molar-refractivity contribution in [3.05, 3.63) is 30.0 Å². The zero-order chi connectivity index (χ0) is 25.4. The molecule has 0 unspecified atom stereocenters. The number of hydrogen-bond donors (Lipinski definition) is 3. The van der Waals surface area contributed by atoms with Gasteiger partial charge >= 0.3 is 18.0 Å². The van der Waals surface area contributed by atoms with Gasteiger partial charge in [-0.15, -0.1) is 0 Å². The molecule has 0 radical (unpaired) electrons. The van der Waals surface area contributed by atoms with Crippen LogP contribution in [0.25, 0.3) is 0 Å². The molecule has 1 aliphatic heterocycles. The third-order valence-corrected chi connectivity index (χ3v) is 5.64. The van der Waals surface area contributed by atoms with Crippen LogP contribution in [0.1, 0.15) is 59.3 Å². The van der Waals surface area contributed by atoms with Crippen LogP contribution in [0, 0.1) is 0 Å². The van der Waals surface area contributed by atoms with E-state index >= 15 is 0 Å². The molecule has 0 bridgehead atoms. The minimum absolute atomic E-state index is 0.149. The molecule has 34 heavy (non-hydrogen) atoms. The maximum Gasteiger partial charge on any atom is 0.411 e. The molecule has 1 aliphatic rings. The van der Waals surface area contributed by atoms with E-state index < -0.39 is 44.4 Å². The molecule has 11 nitrogen and oxygen atoms in total. The second kappa shape index (κ2) is 11.8. The fourth-order valence-electron chi connectivity index (χ4n) is 3.08. The standard InChI is InChI=1S/C22H30N2O9S/c1-4-5-6-7-8-9-12-31-21(27)24-15-10-11-18(34(28,29)30)17(13-15)23-14-16-19(25)32-22(2,3)33-20(16)26/h10-11,13-14,23H,4-9,12H2,1-3H3,(H,24,27)(H,28,29,30). The van der Waals surface area contributed by atoms with Gasteiger partial charge in [-0.25, -0.2) is 14.4 Å². The van der Waals surface area contributed by atoms with Gasteiger partial charge in [-0.05, 0) is 24.6 Å².